The molecule has 0 saturated carbocycles. The smallest absolute Gasteiger partial charge is 0.240 e. The van der Waals surface area contributed by atoms with Crippen molar-refractivity contribution in [3.05, 3.63) is 65.7 Å². The molecule has 3 heteroatoms. The first kappa shape index (κ1) is 15.8. The molecule has 3 nitrogen and oxygen atoms in total. The Morgan fingerprint density at radius 1 is 1.13 bits per heavy atom. The van der Waals surface area contributed by atoms with Crippen molar-refractivity contribution in [3.63, 3.8) is 0 Å². The minimum absolute atomic E-state index is 0.159. The Bertz CT molecular complexity index is 654. The lowest BCUT2D eigenvalue weighted by atomic mass is 10.0. The van der Waals surface area contributed by atoms with E-state index in [-0.39, 0.29) is 11.9 Å². The number of carbonyl (C=O) groups excluding carboxylic acids is 1. The molecule has 2 aromatic rings. The second-order valence-electron chi connectivity index (χ2n) is 6.03. The van der Waals surface area contributed by atoms with Crippen molar-refractivity contribution in [2.75, 3.05) is 18.0 Å². The molecular weight excluding hydrogens is 284 g/mol. The minimum Gasteiger partial charge on any atom is -0.311 e. The topological polar surface area (TPSA) is 32.3 Å². The van der Waals surface area contributed by atoms with Gasteiger partial charge in [0.05, 0.1) is 6.54 Å². The number of aryl methyl sites for hydroxylation is 1. The minimum atomic E-state index is 0.159. The lowest BCUT2D eigenvalue weighted by Crippen LogP contribution is -2.42. The summed E-state index contributed by atoms with van der Waals surface area (Å²) in [4.78, 5) is 14.6. The largest absolute Gasteiger partial charge is 0.311 e. The summed E-state index contributed by atoms with van der Waals surface area (Å²) in [6.45, 7) is 3.34. The van der Waals surface area contributed by atoms with Crippen LogP contribution >= 0.6 is 0 Å². The lowest BCUT2D eigenvalue weighted by molar-refractivity contribution is -0.118. The zero-order valence-electron chi connectivity index (χ0n) is 13.7. The molecule has 1 atom stereocenters. The van der Waals surface area contributed by atoms with Crippen molar-refractivity contribution in [1.29, 1.82) is 0 Å². The van der Waals surface area contributed by atoms with Gasteiger partial charge in [0.1, 0.15) is 0 Å². The summed E-state index contributed by atoms with van der Waals surface area (Å²) in [5, 5.41) is 3.42. The normalized spacial score (nSPS) is 15.1. The average molecular weight is 308 g/mol. The van der Waals surface area contributed by atoms with Crippen LogP contribution in [-0.2, 0) is 11.2 Å². The fraction of sp³-hybridized carbons (Fsp3) is 0.350. The van der Waals surface area contributed by atoms with Gasteiger partial charge in [-0.05, 0) is 36.5 Å². The number of hydrogen-bond donors (Lipinski definition) is 1. The second-order valence-corrected chi connectivity index (χ2v) is 6.03. The van der Waals surface area contributed by atoms with Gasteiger partial charge in [-0.2, -0.15) is 0 Å². The number of hydrogen-bond acceptors (Lipinski definition) is 2. The molecule has 1 amide bonds. The van der Waals surface area contributed by atoms with Crippen molar-refractivity contribution < 1.29 is 4.79 Å². The van der Waals surface area contributed by atoms with Gasteiger partial charge in [0, 0.05) is 18.3 Å². The molecule has 0 bridgehead atoms. The zero-order valence-corrected chi connectivity index (χ0v) is 13.7. The zero-order chi connectivity index (χ0) is 16.1. The van der Waals surface area contributed by atoms with Gasteiger partial charge in [-0.1, -0.05) is 55.5 Å². The number of para-hydroxylation sites is 1. The highest BCUT2D eigenvalue weighted by Crippen LogP contribution is 2.26. The van der Waals surface area contributed by atoms with E-state index >= 15 is 0 Å². The standard InChI is InChI=1S/C20H24N2O/c1-2-18(16-9-4-3-5-10-16)21-15-20(23)22-14-8-12-17-11-6-7-13-19(17)22/h3-7,9-11,13,18,21H,2,8,12,14-15H2,1H3/t18-/m1/s1. The van der Waals surface area contributed by atoms with E-state index in [1.165, 1.54) is 11.1 Å². The molecule has 1 heterocycles. The molecule has 0 radical (unpaired) electrons. The number of amides is 1. The average Bonchev–Trinajstić information content (AvgIpc) is 2.62. The number of rotatable bonds is 5. The Balaban J connectivity index is 1.66. The first-order valence-electron chi connectivity index (χ1n) is 8.46. The van der Waals surface area contributed by atoms with Crippen LogP contribution in [0.2, 0.25) is 0 Å². The van der Waals surface area contributed by atoms with Gasteiger partial charge in [-0.25, -0.2) is 0 Å². The molecular formula is C20H24N2O. The van der Waals surface area contributed by atoms with E-state index in [0.29, 0.717) is 6.54 Å². The third-order valence-corrected chi connectivity index (χ3v) is 4.52. The summed E-state index contributed by atoms with van der Waals surface area (Å²) in [5.41, 5.74) is 3.60. The number of nitrogens with one attached hydrogen (secondary N) is 1. The second kappa shape index (κ2) is 7.42. The highest BCUT2D eigenvalue weighted by Gasteiger charge is 2.22. The predicted molar refractivity (Wildman–Crippen MR) is 94.6 cm³/mol. The van der Waals surface area contributed by atoms with Crippen molar-refractivity contribution in [3.8, 4) is 0 Å². The lowest BCUT2D eigenvalue weighted by Gasteiger charge is -2.30. The van der Waals surface area contributed by atoms with Crippen molar-refractivity contribution in [2.24, 2.45) is 0 Å². The molecule has 3 rings (SSSR count). The molecule has 0 fully saturated rings. The summed E-state index contributed by atoms with van der Waals surface area (Å²) < 4.78 is 0. The summed E-state index contributed by atoms with van der Waals surface area (Å²) in [6.07, 6.45) is 3.07. The van der Waals surface area contributed by atoms with E-state index < -0.39 is 0 Å². The molecule has 1 N–H and O–H groups in total. The fourth-order valence-electron chi connectivity index (χ4n) is 3.28. The Hall–Kier alpha value is -2.13. The Kier molecular flexibility index (Phi) is 5.09. The van der Waals surface area contributed by atoms with Crippen LogP contribution in [0.1, 0.15) is 36.9 Å². The summed E-state index contributed by atoms with van der Waals surface area (Å²) in [5.74, 6) is 0.159. The predicted octanol–water partition coefficient (Wildman–Crippen LogP) is 3.71. The van der Waals surface area contributed by atoms with E-state index in [1.807, 2.05) is 35.2 Å². The number of nitrogens with zero attached hydrogens (tertiary/aromatic N) is 1. The van der Waals surface area contributed by atoms with E-state index in [2.05, 4.69) is 36.5 Å². The van der Waals surface area contributed by atoms with Gasteiger partial charge in [0.2, 0.25) is 5.91 Å². The SMILES string of the molecule is CC[C@@H](NCC(=O)N1CCCc2ccccc21)c1ccccc1. The number of carbonyl (C=O) groups is 1. The Morgan fingerprint density at radius 3 is 2.65 bits per heavy atom. The molecule has 1 aliphatic rings. The van der Waals surface area contributed by atoms with E-state index in [9.17, 15) is 4.79 Å². The van der Waals surface area contributed by atoms with Gasteiger partial charge >= 0.3 is 0 Å². The Morgan fingerprint density at radius 2 is 1.87 bits per heavy atom. The maximum atomic E-state index is 12.7. The summed E-state index contributed by atoms with van der Waals surface area (Å²) in [6, 6.07) is 18.8. The molecule has 23 heavy (non-hydrogen) atoms. The van der Waals surface area contributed by atoms with Crippen molar-refractivity contribution in [2.45, 2.75) is 32.2 Å². The molecule has 0 unspecified atom stereocenters. The van der Waals surface area contributed by atoms with Crippen LogP contribution in [0.25, 0.3) is 0 Å². The monoisotopic (exact) mass is 308 g/mol. The van der Waals surface area contributed by atoms with Crippen molar-refractivity contribution in [1.82, 2.24) is 5.32 Å². The maximum absolute atomic E-state index is 12.7. The van der Waals surface area contributed by atoms with Gasteiger partial charge in [-0.3, -0.25) is 4.79 Å². The maximum Gasteiger partial charge on any atom is 0.240 e. The van der Waals surface area contributed by atoms with Crippen LogP contribution in [0, 0.1) is 0 Å². The van der Waals surface area contributed by atoms with E-state index in [1.54, 1.807) is 0 Å². The van der Waals surface area contributed by atoms with Crippen LogP contribution in [0.15, 0.2) is 54.6 Å². The number of fused-ring (bicyclic) bond motifs is 1. The number of anilines is 1. The summed E-state index contributed by atoms with van der Waals surface area (Å²) >= 11 is 0. The quantitative estimate of drug-likeness (QED) is 0.913. The van der Waals surface area contributed by atoms with Gasteiger partial charge in [0.25, 0.3) is 0 Å². The van der Waals surface area contributed by atoms with Gasteiger partial charge in [0.15, 0.2) is 0 Å². The molecule has 2 aromatic carbocycles. The first-order chi connectivity index (χ1) is 11.3. The molecule has 0 saturated heterocycles. The summed E-state index contributed by atoms with van der Waals surface area (Å²) in [7, 11) is 0. The van der Waals surface area contributed by atoms with Crippen LogP contribution in [0.4, 0.5) is 5.69 Å². The van der Waals surface area contributed by atoms with Crippen LogP contribution < -0.4 is 10.2 Å². The van der Waals surface area contributed by atoms with E-state index in [0.717, 1.165) is 31.5 Å². The van der Waals surface area contributed by atoms with Crippen LogP contribution in [0.5, 0.6) is 0 Å². The third kappa shape index (κ3) is 3.62. The first-order valence-corrected chi connectivity index (χ1v) is 8.46. The Labute approximate surface area is 138 Å². The number of benzene rings is 2. The molecule has 0 spiro atoms. The van der Waals surface area contributed by atoms with Crippen molar-refractivity contribution >= 4 is 11.6 Å². The fourth-order valence-corrected chi connectivity index (χ4v) is 3.28. The van der Waals surface area contributed by atoms with E-state index in [4.69, 9.17) is 0 Å². The third-order valence-electron chi connectivity index (χ3n) is 4.52. The highest BCUT2D eigenvalue weighted by atomic mass is 16.2. The molecule has 120 valence electrons. The molecule has 0 aromatic heterocycles. The van der Waals surface area contributed by atoms with Crippen LogP contribution in [0.3, 0.4) is 0 Å². The van der Waals surface area contributed by atoms with Gasteiger partial charge < -0.3 is 10.2 Å². The van der Waals surface area contributed by atoms with Gasteiger partial charge in [-0.15, -0.1) is 0 Å². The molecule has 0 aliphatic carbocycles. The molecule has 1 aliphatic heterocycles. The highest BCUT2D eigenvalue weighted by molar-refractivity contribution is 5.95. The van der Waals surface area contributed by atoms with Crippen LogP contribution in [-0.4, -0.2) is 19.0 Å².